The Hall–Kier alpha value is -4.13. The highest BCUT2D eigenvalue weighted by atomic mass is 16.5. The van der Waals surface area contributed by atoms with Crippen LogP contribution in [0, 0.1) is 0 Å². The molecule has 1 amide bonds. The van der Waals surface area contributed by atoms with E-state index in [2.05, 4.69) is 25.8 Å². The van der Waals surface area contributed by atoms with E-state index in [9.17, 15) is 14.7 Å². The molecule has 4 rings (SSSR count). The first kappa shape index (κ1) is 25.9. The second kappa shape index (κ2) is 10.1. The number of nitrogens with zero attached hydrogens (tertiary/aromatic N) is 3. The second-order valence-electron chi connectivity index (χ2n) is 10.4. The number of rotatable bonds is 6. The molecule has 1 aromatic heterocycles. The van der Waals surface area contributed by atoms with Crippen LogP contribution in [0.2, 0.25) is 0 Å². The number of ether oxygens (including phenoxy) is 1. The average molecular weight is 500 g/mol. The first-order chi connectivity index (χ1) is 17.5. The molecule has 1 aliphatic heterocycles. The van der Waals surface area contributed by atoms with Crippen molar-refractivity contribution < 1.29 is 19.4 Å². The predicted molar refractivity (Wildman–Crippen MR) is 145 cm³/mol. The lowest BCUT2D eigenvalue weighted by Gasteiger charge is -2.26. The monoisotopic (exact) mass is 499 g/mol. The van der Waals surface area contributed by atoms with Crippen LogP contribution in [0.4, 0.5) is 5.69 Å². The summed E-state index contributed by atoms with van der Waals surface area (Å²) in [6, 6.07) is 16.0. The summed E-state index contributed by atoms with van der Waals surface area (Å²) in [7, 11) is 5.40. The van der Waals surface area contributed by atoms with Gasteiger partial charge in [-0.05, 0) is 52.4 Å². The molecule has 7 nitrogen and oxygen atoms in total. The molecule has 192 valence electrons. The van der Waals surface area contributed by atoms with Gasteiger partial charge in [0.2, 0.25) is 0 Å². The minimum Gasteiger partial charge on any atom is -0.507 e. The molecule has 37 heavy (non-hydrogen) atoms. The molecule has 7 heteroatoms. The van der Waals surface area contributed by atoms with Crippen molar-refractivity contribution in [1.82, 2.24) is 9.88 Å². The normalized spacial score (nSPS) is 17.2. The Labute approximate surface area is 218 Å². The van der Waals surface area contributed by atoms with Crippen LogP contribution < -0.4 is 9.64 Å². The molecule has 0 spiro atoms. The van der Waals surface area contributed by atoms with Gasteiger partial charge in [-0.3, -0.25) is 14.6 Å². The number of Topliss-reactive ketones (excluding diaryl/α,β-unsaturated/α-hetero) is 1. The number of pyridine rings is 1. The summed E-state index contributed by atoms with van der Waals surface area (Å²) in [6.45, 7) is 6.38. The summed E-state index contributed by atoms with van der Waals surface area (Å²) < 4.78 is 5.54. The van der Waals surface area contributed by atoms with Crippen molar-refractivity contribution in [3.05, 3.63) is 94.8 Å². The molecular weight excluding hydrogens is 466 g/mol. The van der Waals surface area contributed by atoms with Gasteiger partial charge in [0.05, 0.1) is 24.3 Å². The molecular formula is C30H33N3O4. The lowest BCUT2D eigenvalue weighted by molar-refractivity contribution is -0.140. The number of aromatic nitrogens is 1. The van der Waals surface area contributed by atoms with Crippen LogP contribution >= 0.6 is 0 Å². The second-order valence-corrected chi connectivity index (χ2v) is 10.4. The molecule has 0 radical (unpaired) electrons. The van der Waals surface area contributed by atoms with Gasteiger partial charge in [0.15, 0.2) is 0 Å². The van der Waals surface area contributed by atoms with E-state index in [1.165, 1.54) is 12.0 Å². The molecule has 1 saturated heterocycles. The quantitative estimate of drug-likeness (QED) is 0.290. The SMILES string of the molecule is COc1ccc(C(C)(C)C)cc1/C(O)=C1\C(=O)C(=O)N(Cc2cccnc2)C1c1ccc(N(C)C)cc1. The van der Waals surface area contributed by atoms with Gasteiger partial charge in [-0.15, -0.1) is 0 Å². The van der Waals surface area contributed by atoms with Crippen molar-refractivity contribution in [1.29, 1.82) is 0 Å². The number of hydrogen-bond acceptors (Lipinski definition) is 6. The summed E-state index contributed by atoms with van der Waals surface area (Å²) in [5, 5.41) is 11.6. The Morgan fingerprint density at radius 3 is 2.35 bits per heavy atom. The van der Waals surface area contributed by atoms with Crippen LogP contribution in [0.15, 0.2) is 72.6 Å². The van der Waals surface area contributed by atoms with Crippen molar-refractivity contribution in [2.24, 2.45) is 0 Å². The fraction of sp³-hybridized carbons (Fsp3) is 0.300. The van der Waals surface area contributed by atoms with Gasteiger partial charge in [-0.1, -0.05) is 45.0 Å². The summed E-state index contributed by atoms with van der Waals surface area (Å²) >= 11 is 0. The third kappa shape index (κ3) is 5.07. The highest BCUT2D eigenvalue weighted by Gasteiger charge is 2.46. The molecule has 2 heterocycles. The van der Waals surface area contributed by atoms with Crippen LogP contribution in [0.5, 0.6) is 5.75 Å². The number of methoxy groups -OCH3 is 1. The van der Waals surface area contributed by atoms with Crippen molar-refractivity contribution >= 4 is 23.1 Å². The molecule has 0 bridgehead atoms. The third-order valence-corrected chi connectivity index (χ3v) is 6.66. The van der Waals surface area contributed by atoms with Crippen LogP contribution in [-0.4, -0.2) is 47.9 Å². The molecule has 2 aromatic carbocycles. The van der Waals surface area contributed by atoms with Crippen molar-refractivity contribution in [3.8, 4) is 5.75 Å². The Bertz CT molecular complexity index is 1340. The molecule has 0 saturated carbocycles. The van der Waals surface area contributed by atoms with Gasteiger partial charge in [-0.2, -0.15) is 0 Å². The van der Waals surface area contributed by atoms with Gasteiger partial charge in [0, 0.05) is 38.7 Å². The number of amides is 1. The van der Waals surface area contributed by atoms with Gasteiger partial charge in [0.1, 0.15) is 11.5 Å². The summed E-state index contributed by atoms with van der Waals surface area (Å²) in [6.07, 6.45) is 3.32. The topological polar surface area (TPSA) is 83.0 Å². The highest BCUT2D eigenvalue weighted by Crippen LogP contribution is 2.42. The summed E-state index contributed by atoms with van der Waals surface area (Å²) in [5.74, 6) is -1.23. The smallest absolute Gasteiger partial charge is 0.295 e. The van der Waals surface area contributed by atoms with E-state index in [0.717, 1.165) is 22.4 Å². The number of benzene rings is 2. The number of ketones is 1. The maximum atomic E-state index is 13.5. The van der Waals surface area contributed by atoms with Crippen LogP contribution in [0.25, 0.3) is 5.76 Å². The fourth-order valence-corrected chi connectivity index (χ4v) is 4.54. The van der Waals surface area contributed by atoms with Gasteiger partial charge < -0.3 is 19.6 Å². The van der Waals surface area contributed by atoms with E-state index in [-0.39, 0.29) is 23.3 Å². The van der Waals surface area contributed by atoms with Gasteiger partial charge in [-0.25, -0.2) is 0 Å². The number of aliphatic hydroxyl groups is 1. The minimum atomic E-state index is -0.778. The largest absolute Gasteiger partial charge is 0.507 e. The van der Waals surface area contributed by atoms with Crippen LogP contribution in [0.1, 0.15) is 49.1 Å². The minimum absolute atomic E-state index is 0.0378. The highest BCUT2D eigenvalue weighted by molar-refractivity contribution is 6.46. The van der Waals surface area contributed by atoms with Gasteiger partial charge in [0.25, 0.3) is 11.7 Å². The van der Waals surface area contributed by atoms with Crippen molar-refractivity contribution in [2.45, 2.75) is 38.8 Å². The molecule has 1 unspecified atom stereocenters. The third-order valence-electron chi connectivity index (χ3n) is 6.66. The predicted octanol–water partition coefficient (Wildman–Crippen LogP) is 5.08. The van der Waals surface area contributed by atoms with Crippen molar-refractivity contribution in [3.63, 3.8) is 0 Å². The molecule has 0 aliphatic carbocycles. The summed E-state index contributed by atoms with van der Waals surface area (Å²) in [4.78, 5) is 34.5. The van der Waals surface area contributed by atoms with E-state index in [1.807, 2.05) is 61.5 Å². The maximum Gasteiger partial charge on any atom is 0.295 e. The Balaban J connectivity index is 1.92. The number of carbonyl (C=O) groups is 2. The Morgan fingerprint density at radius 1 is 1.08 bits per heavy atom. The lowest BCUT2D eigenvalue weighted by Crippen LogP contribution is -2.29. The van der Waals surface area contributed by atoms with E-state index in [0.29, 0.717) is 11.3 Å². The van der Waals surface area contributed by atoms with E-state index in [4.69, 9.17) is 4.74 Å². The number of aliphatic hydroxyl groups excluding tert-OH is 1. The van der Waals surface area contributed by atoms with E-state index >= 15 is 0 Å². The maximum absolute atomic E-state index is 13.5. The Kier molecular flexibility index (Phi) is 7.07. The first-order valence-electron chi connectivity index (χ1n) is 12.2. The molecule has 1 fully saturated rings. The number of anilines is 1. The van der Waals surface area contributed by atoms with E-state index < -0.39 is 17.7 Å². The van der Waals surface area contributed by atoms with E-state index in [1.54, 1.807) is 24.5 Å². The molecule has 1 N–H and O–H groups in total. The number of carbonyl (C=O) groups excluding carboxylic acids is 2. The zero-order valence-electron chi connectivity index (χ0n) is 22.1. The first-order valence-corrected chi connectivity index (χ1v) is 12.2. The average Bonchev–Trinajstić information content (AvgIpc) is 3.13. The lowest BCUT2D eigenvalue weighted by atomic mass is 9.85. The molecule has 1 aliphatic rings. The number of hydrogen-bond donors (Lipinski definition) is 1. The van der Waals surface area contributed by atoms with Crippen molar-refractivity contribution in [2.75, 3.05) is 26.1 Å². The van der Waals surface area contributed by atoms with Gasteiger partial charge >= 0.3 is 0 Å². The fourth-order valence-electron chi connectivity index (χ4n) is 4.54. The standard InChI is InChI=1S/C30H33N3O4/c1-30(2,3)21-11-14-24(37-6)23(16-21)27(34)25-26(20-9-12-22(13-10-20)32(4)5)33(29(36)28(25)35)18-19-8-7-15-31-17-19/h7-17,26,34H,18H2,1-6H3/b27-25+. The zero-order valence-corrected chi connectivity index (χ0v) is 22.1. The molecule has 3 aromatic rings. The zero-order chi connectivity index (χ0) is 26.9. The van der Waals surface area contributed by atoms with Crippen LogP contribution in [0.3, 0.4) is 0 Å². The number of likely N-dealkylation sites (tertiary alicyclic amines) is 1. The summed E-state index contributed by atoms with van der Waals surface area (Å²) in [5.41, 5.74) is 3.67. The Morgan fingerprint density at radius 2 is 1.78 bits per heavy atom. The molecule has 1 atom stereocenters. The van der Waals surface area contributed by atoms with Crippen LogP contribution in [-0.2, 0) is 21.5 Å².